The second-order valence-corrected chi connectivity index (χ2v) is 8.10. The molecule has 1 aliphatic heterocycles. The minimum Gasteiger partial charge on any atom is -0.497 e. The van der Waals surface area contributed by atoms with Crippen molar-refractivity contribution < 1.29 is 14.3 Å². The second kappa shape index (κ2) is 8.26. The molecule has 1 aromatic heterocycles. The molecule has 2 heterocycles. The number of fused-ring (bicyclic) bond motifs is 1. The van der Waals surface area contributed by atoms with E-state index in [1.807, 2.05) is 44.2 Å². The molecule has 1 aliphatic rings. The van der Waals surface area contributed by atoms with Crippen LogP contribution in [0.1, 0.15) is 31.7 Å². The summed E-state index contributed by atoms with van der Waals surface area (Å²) in [6, 6.07) is 14.3. The Morgan fingerprint density at radius 1 is 1.16 bits per heavy atom. The fourth-order valence-corrected chi connectivity index (χ4v) is 4.00. The number of aromatic nitrogens is 1. The molecule has 0 radical (unpaired) electrons. The van der Waals surface area contributed by atoms with Crippen molar-refractivity contribution in [3.05, 3.63) is 64.4 Å². The van der Waals surface area contributed by atoms with Crippen LogP contribution in [0.3, 0.4) is 0 Å². The topological polar surface area (TPSA) is 91.5 Å². The third-order valence-corrected chi connectivity index (χ3v) is 5.63. The van der Waals surface area contributed by atoms with Gasteiger partial charge in [-0.15, -0.1) is 0 Å². The standard InChI is InChI=1S/C24H25N3O4/c1-14(2)20-12-22(28)26-21-10-16(7-8-19(20)21)25-24(30)15-9-23(29)27(13-15)17-5-4-6-18(11-17)31-3/h4-8,10-12,14-15H,9,13H2,1-3H3,(H,25,30)(H,26,28). The van der Waals surface area contributed by atoms with Crippen LogP contribution in [0.25, 0.3) is 10.9 Å². The molecule has 1 atom stereocenters. The summed E-state index contributed by atoms with van der Waals surface area (Å²) >= 11 is 0. The number of nitrogens with one attached hydrogen (secondary N) is 2. The molecule has 2 amide bonds. The van der Waals surface area contributed by atoms with Crippen molar-refractivity contribution in [1.29, 1.82) is 0 Å². The molecule has 3 aromatic rings. The van der Waals surface area contributed by atoms with Gasteiger partial charge >= 0.3 is 0 Å². The molecule has 2 aromatic carbocycles. The van der Waals surface area contributed by atoms with Gasteiger partial charge in [0, 0.05) is 41.9 Å². The highest BCUT2D eigenvalue weighted by molar-refractivity contribution is 6.04. The van der Waals surface area contributed by atoms with E-state index in [0.29, 0.717) is 29.2 Å². The third kappa shape index (κ3) is 4.17. The predicted octanol–water partition coefficient (Wildman–Crippen LogP) is 3.65. The van der Waals surface area contributed by atoms with Gasteiger partial charge in [-0.25, -0.2) is 0 Å². The van der Waals surface area contributed by atoms with E-state index < -0.39 is 5.92 Å². The van der Waals surface area contributed by atoms with Crippen LogP contribution in [-0.2, 0) is 9.59 Å². The van der Waals surface area contributed by atoms with Gasteiger partial charge < -0.3 is 19.9 Å². The molecule has 0 spiro atoms. The van der Waals surface area contributed by atoms with Crippen molar-refractivity contribution in [3.8, 4) is 5.75 Å². The second-order valence-electron chi connectivity index (χ2n) is 8.10. The maximum absolute atomic E-state index is 12.9. The lowest BCUT2D eigenvalue weighted by Crippen LogP contribution is -2.28. The number of amides is 2. The van der Waals surface area contributed by atoms with E-state index in [0.717, 1.165) is 10.9 Å². The number of ether oxygens (including phenoxy) is 1. The summed E-state index contributed by atoms with van der Waals surface area (Å²) in [5, 5.41) is 3.85. The van der Waals surface area contributed by atoms with Crippen LogP contribution in [0, 0.1) is 5.92 Å². The lowest BCUT2D eigenvalue weighted by atomic mass is 9.98. The first-order valence-corrected chi connectivity index (χ1v) is 10.3. The number of carbonyl (C=O) groups excluding carboxylic acids is 2. The molecule has 0 aliphatic carbocycles. The minimum absolute atomic E-state index is 0.0992. The summed E-state index contributed by atoms with van der Waals surface area (Å²) in [5.74, 6) is 0.0789. The molecule has 2 N–H and O–H groups in total. The molecule has 160 valence electrons. The van der Waals surface area contributed by atoms with E-state index in [9.17, 15) is 14.4 Å². The predicted molar refractivity (Wildman–Crippen MR) is 121 cm³/mol. The number of anilines is 2. The Bertz CT molecular complexity index is 1210. The van der Waals surface area contributed by atoms with E-state index in [1.54, 1.807) is 30.2 Å². The average molecular weight is 419 g/mol. The van der Waals surface area contributed by atoms with Crippen LogP contribution < -0.4 is 20.5 Å². The van der Waals surface area contributed by atoms with Crippen molar-refractivity contribution in [2.45, 2.75) is 26.2 Å². The van der Waals surface area contributed by atoms with Gasteiger partial charge in [0.1, 0.15) is 5.75 Å². The summed E-state index contributed by atoms with van der Waals surface area (Å²) in [6.07, 6.45) is 0.144. The van der Waals surface area contributed by atoms with Gasteiger partial charge in [-0.05, 0) is 35.7 Å². The molecule has 1 unspecified atom stereocenters. The van der Waals surface area contributed by atoms with E-state index in [2.05, 4.69) is 10.3 Å². The van der Waals surface area contributed by atoms with E-state index in [4.69, 9.17) is 4.74 Å². The highest BCUT2D eigenvalue weighted by Gasteiger charge is 2.35. The Balaban J connectivity index is 1.52. The Labute approximate surface area is 180 Å². The van der Waals surface area contributed by atoms with Gasteiger partial charge in [-0.3, -0.25) is 14.4 Å². The summed E-state index contributed by atoms with van der Waals surface area (Å²) in [7, 11) is 1.57. The van der Waals surface area contributed by atoms with Gasteiger partial charge in [0.2, 0.25) is 17.4 Å². The molecule has 1 saturated heterocycles. The highest BCUT2D eigenvalue weighted by atomic mass is 16.5. The largest absolute Gasteiger partial charge is 0.497 e. The smallest absolute Gasteiger partial charge is 0.248 e. The zero-order chi connectivity index (χ0) is 22.1. The van der Waals surface area contributed by atoms with Crippen molar-refractivity contribution in [1.82, 2.24) is 4.98 Å². The van der Waals surface area contributed by atoms with Crippen LogP contribution in [-0.4, -0.2) is 30.5 Å². The molecule has 0 bridgehead atoms. The van der Waals surface area contributed by atoms with Gasteiger partial charge in [0.05, 0.1) is 18.5 Å². The fourth-order valence-electron chi connectivity index (χ4n) is 4.00. The normalized spacial score (nSPS) is 16.2. The average Bonchev–Trinajstić information content (AvgIpc) is 3.14. The first kappa shape index (κ1) is 20.7. The number of H-pyrrole nitrogens is 1. The Morgan fingerprint density at radius 3 is 2.71 bits per heavy atom. The highest BCUT2D eigenvalue weighted by Crippen LogP contribution is 2.29. The summed E-state index contributed by atoms with van der Waals surface area (Å²) in [4.78, 5) is 41.8. The molecule has 7 heteroatoms. The Morgan fingerprint density at radius 2 is 1.97 bits per heavy atom. The SMILES string of the molecule is COc1cccc(N2CC(C(=O)Nc3ccc4c(C(C)C)cc(=O)[nH]c4c3)CC2=O)c1. The summed E-state index contributed by atoms with van der Waals surface area (Å²) < 4.78 is 5.23. The lowest BCUT2D eigenvalue weighted by Gasteiger charge is -2.17. The lowest BCUT2D eigenvalue weighted by molar-refractivity contribution is -0.122. The fraction of sp³-hybridized carbons (Fsp3) is 0.292. The van der Waals surface area contributed by atoms with E-state index in [-0.39, 0.29) is 29.7 Å². The van der Waals surface area contributed by atoms with Crippen molar-refractivity contribution in [3.63, 3.8) is 0 Å². The number of benzene rings is 2. The zero-order valence-corrected chi connectivity index (χ0v) is 17.8. The number of aromatic amines is 1. The monoisotopic (exact) mass is 419 g/mol. The van der Waals surface area contributed by atoms with Gasteiger partial charge in [-0.2, -0.15) is 0 Å². The van der Waals surface area contributed by atoms with Gasteiger partial charge in [0.25, 0.3) is 0 Å². The number of hydrogen-bond acceptors (Lipinski definition) is 4. The van der Waals surface area contributed by atoms with Crippen LogP contribution in [0.4, 0.5) is 11.4 Å². The van der Waals surface area contributed by atoms with Crippen LogP contribution >= 0.6 is 0 Å². The number of hydrogen-bond donors (Lipinski definition) is 2. The number of carbonyl (C=O) groups is 2. The number of methoxy groups -OCH3 is 1. The minimum atomic E-state index is -0.463. The number of rotatable bonds is 5. The number of nitrogens with zero attached hydrogens (tertiary/aromatic N) is 1. The summed E-state index contributed by atoms with van der Waals surface area (Å²) in [6.45, 7) is 4.38. The first-order valence-electron chi connectivity index (χ1n) is 10.3. The molecule has 31 heavy (non-hydrogen) atoms. The molecule has 7 nitrogen and oxygen atoms in total. The van der Waals surface area contributed by atoms with Crippen molar-refractivity contribution in [2.75, 3.05) is 23.9 Å². The van der Waals surface area contributed by atoms with Crippen molar-refractivity contribution in [2.24, 2.45) is 5.92 Å². The third-order valence-electron chi connectivity index (χ3n) is 5.63. The zero-order valence-electron chi connectivity index (χ0n) is 17.8. The van der Waals surface area contributed by atoms with E-state index >= 15 is 0 Å². The first-order chi connectivity index (χ1) is 14.9. The molecule has 1 fully saturated rings. The maximum atomic E-state index is 12.9. The van der Waals surface area contributed by atoms with E-state index in [1.165, 1.54) is 0 Å². The van der Waals surface area contributed by atoms with Gasteiger partial charge in [-0.1, -0.05) is 26.0 Å². The molecule has 4 rings (SSSR count). The molecular formula is C24H25N3O4. The Hall–Kier alpha value is -3.61. The molecular weight excluding hydrogens is 394 g/mol. The quantitative estimate of drug-likeness (QED) is 0.660. The Kier molecular flexibility index (Phi) is 5.50. The number of pyridine rings is 1. The van der Waals surface area contributed by atoms with Crippen molar-refractivity contribution >= 4 is 34.1 Å². The van der Waals surface area contributed by atoms with Crippen LogP contribution in [0.15, 0.2) is 53.3 Å². The van der Waals surface area contributed by atoms with Gasteiger partial charge in [0.15, 0.2) is 0 Å². The van der Waals surface area contributed by atoms with Crippen LogP contribution in [0.2, 0.25) is 0 Å². The maximum Gasteiger partial charge on any atom is 0.248 e. The molecule has 0 saturated carbocycles. The summed E-state index contributed by atoms with van der Waals surface area (Å²) in [5.41, 5.74) is 2.77. The van der Waals surface area contributed by atoms with Crippen LogP contribution in [0.5, 0.6) is 5.75 Å².